The van der Waals surface area contributed by atoms with Crippen molar-refractivity contribution in [2.75, 3.05) is 32.1 Å². The maximum absolute atomic E-state index is 13.6. The minimum absolute atomic E-state index is 0.107. The quantitative estimate of drug-likeness (QED) is 0.265. The second-order valence-electron chi connectivity index (χ2n) is 11.0. The van der Waals surface area contributed by atoms with E-state index in [0.29, 0.717) is 22.6 Å². The first-order valence-corrected chi connectivity index (χ1v) is 14.5. The van der Waals surface area contributed by atoms with Crippen molar-refractivity contribution in [3.05, 3.63) is 119 Å². The summed E-state index contributed by atoms with van der Waals surface area (Å²) in [6, 6.07) is 24.3. The molecule has 1 atom stereocenters. The number of allylic oxidation sites excluding steroid dienone is 4. The fraction of sp³-hybridized carbons (Fsp3) is 0.314. The van der Waals surface area contributed by atoms with E-state index in [2.05, 4.69) is 4.90 Å². The summed E-state index contributed by atoms with van der Waals surface area (Å²) in [6.07, 6.45) is 0.148. The first-order valence-electron chi connectivity index (χ1n) is 14.5. The predicted molar refractivity (Wildman–Crippen MR) is 162 cm³/mol. The monoisotopic (exact) mass is 588 g/mol. The number of likely N-dealkylation sites (tertiary alicyclic amines) is 1. The largest absolute Gasteiger partial charge is 0.468 e. The number of anilines is 1. The number of halogens is 3. The van der Waals surface area contributed by atoms with Gasteiger partial charge in [-0.2, -0.15) is 13.2 Å². The van der Waals surface area contributed by atoms with Crippen LogP contribution in [0.5, 0.6) is 0 Å². The summed E-state index contributed by atoms with van der Waals surface area (Å²) in [5.74, 6) is -0.155. The van der Waals surface area contributed by atoms with Crippen molar-refractivity contribution in [1.29, 1.82) is 0 Å². The molecule has 1 saturated heterocycles. The molecule has 0 spiro atoms. The van der Waals surface area contributed by atoms with Crippen LogP contribution in [0.15, 0.2) is 96.6 Å². The Morgan fingerprint density at radius 2 is 1.53 bits per heavy atom. The van der Waals surface area contributed by atoms with Crippen LogP contribution in [-0.4, -0.2) is 50.2 Å². The number of carbonyl (C=O) groups excluding carboxylic acids is 2. The second kappa shape index (κ2) is 13.0. The van der Waals surface area contributed by atoms with Gasteiger partial charge in [-0.05, 0) is 85.2 Å². The van der Waals surface area contributed by atoms with Crippen LogP contribution in [-0.2, 0) is 9.53 Å². The Morgan fingerprint density at radius 3 is 2.14 bits per heavy atom. The normalized spacial score (nSPS) is 17.0. The van der Waals surface area contributed by atoms with Crippen LogP contribution >= 0.6 is 0 Å². The van der Waals surface area contributed by atoms with Crippen LogP contribution in [0.3, 0.4) is 0 Å². The van der Waals surface area contributed by atoms with Crippen molar-refractivity contribution in [3.63, 3.8) is 0 Å². The Hall–Kier alpha value is -4.17. The summed E-state index contributed by atoms with van der Waals surface area (Å²) < 4.78 is 44.4. The van der Waals surface area contributed by atoms with Gasteiger partial charge in [0.2, 0.25) is 0 Å². The van der Waals surface area contributed by atoms with E-state index < -0.39 is 17.8 Å². The number of hydrogen-bond donors (Lipinski definition) is 0. The molecule has 1 amide bonds. The molecule has 5 rings (SSSR count). The van der Waals surface area contributed by atoms with Gasteiger partial charge in [0.25, 0.3) is 5.91 Å². The maximum atomic E-state index is 13.6. The molecule has 1 aliphatic heterocycles. The number of hydrogen-bond acceptors (Lipinski definition) is 4. The number of amides is 1. The molecule has 1 aliphatic carbocycles. The Balaban J connectivity index is 1.26. The van der Waals surface area contributed by atoms with Crippen molar-refractivity contribution in [1.82, 2.24) is 4.90 Å². The van der Waals surface area contributed by atoms with Crippen LogP contribution in [0.4, 0.5) is 18.9 Å². The number of nitrogens with zero attached hydrogens (tertiary/aromatic N) is 2. The molecule has 8 heteroatoms. The van der Waals surface area contributed by atoms with Crippen molar-refractivity contribution in [3.8, 4) is 0 Å². The lowest BCUT2D eigenvalue weighted by Gasteiger charge is -2.36. The summed E-state index contributed by atoms with van der Waals surface area (Å²) in [5.41, 5.74) is 4.10. The average Bonchev–Trinajstić information content (AvgIpc) is 3.04. The van der Waals surface area contributed by atoms with Crippen LogP contribution in [0, 0.1) is 0 Å². The summed E-state index contributed by atoms with van der Waals surface area (Å²) >= 11 is 0. The smallest absolute Gasteiger partial charge is 0.412 e. The highest BCUT2D eigenvalue weighted by Crippen LogP contribution is 2.37. The van der Waals surface area contributed by atoms with Gasteiger partial charge in [0.15, 0.2) is 0 Å². The molecule has 0 radical (unpaired) electrons. The van der Waals surface area contributed by atoms with E-state index in [-0.39, 0.29) is 24.7 Å². The molecule has 1 fully saturated rings. The van der Waals surface area contributed by atoms with Crippen LogP contribution in [0.25, 0.3) is 5.57 Å². The third-order valence-corrected chi connectivity index (χ3v) is 8.51. The third kappa shape index (κ3) is 6.75. The fourth-order valence-electron chi connectivity index (χ4n) is 6.05. The zero-order valence-corrected chi connectivity index (χ0v) is 24.3. The van der Waals surface area contributed by atoms with Gasteiger partial charge in [-0.15, -0.1) is 0 Å². The number of piperidine rings is 1. The SMILES string of the molecule is COC(=O)C(c1ccccc1)N1CCC(c2ccc(N(C)C(=O)c3ccccc3C3=CC=C(C(F)(F)F)CC3)cc2)CC1. The van der Waals surface area contributed by atoms with Crippen molar-refractivity contribution < 1.29 is 27.5 Å². The average molecular weight is 589 g/mol. The van der Waals surface area contributed by atoms with Gasteiger partial charge in [-0.25, -0.2) is 4.79 Å². The van der Waals surface area contributed by atoms with E-state index in [1.165, 1.54) is 18.7 Å². The van der Waals surface area contributed by atoms with Gasteiger partial charge >= 0.3 is 12.1 Å². The van der Waals surface area contributed by atoms with E-state index >= 15 is 0 Å². The molecule has 5 nitrogen and oxygen atoms in total. The first kappa shape index (κ1) is 30.3. The number of alkyl halides is 3. The van der Waals surface area contributed by atoms with Crippen LogP contribution in [0.2, 0.25) is 0 Å². The molecular formula is C35H35F3N2O3. The molecule has 224 valence electrons. The van der Waals surface area contributed by atoms with E-state index in [4.69, 9.17) is 4.74 Å². The van der Waals surface area contributed by atoms with E-state index in [1.807, 2.05) is 54.6 Å². The zero-order chi connectivity index (χ0) is 30.6. The molecule has 0 saturated carbocycles. The Kier molecular flexibility index (Phi) is 9.16. The van der Waals surface area contributed by atoms with Gasteiger partial charge in [0, 0.05) is 23.9 Å². The highest BCUT2D eigenvalue weighted by atomic mass is 19.4. The lowest BCUT2D eigenvalue weighted by molar-refractivity contribution is -0.147. The summed E-state index contributed by atoms with van der Waals surface area (Å²) in [5, 5.41) is 0. The summed E-state index contributed by atoms with van der Waals surface area (Å²) in [4.78, 5) is 30.0. The van der Waals surface area contributed by atoms with Crippen molar-refractivity contribution in [2.24, 2.45) is 0 Å². The number of rotatable bonds is 7. The molecule has 0 N–H and O–H groups in total. The van der Waals surface area contributed by atoms with Gasteiger partial charge in [-0.3, -0.25) is 9.69 Å². The lowest BCUT2D eigenvalue weighted by Crippen LogP contribution is -2.40. The molecule has 0 bridgehead atoms. The Bertz CT molecular complexity index is 1510. The Labute approximate surface area is 250 Å². The topological polar surface area (TPSA) is 49.9 Å². The molecule has 2 aliphatic rings. The Morgan fingerprint density at radius 1 is 0.884 bits per heavy atom. The molecule has 3 aromatic rings. The molecule has 1 unspecified atom stereocenters. The van der Waals surface area contributed by atoms with Crippen molar-refractivity contribution in [2.45, 2.75) is 43.8 Å². The van der Waals surface area contributed by atoms with Crippen LogP contribution in [0.1, 0.15) is 64.7 Å². The molecule has 0 aromatic heterocycles. The molecule has 43 heavy (non-hydrogen) atoms. The van der Waals surface area contributed by atoms with Crippen LogP contribution < -0.4 is 4.90 Å². The third-order valence-electron chi connectivity index (χ3n) is 8.51. The standard InChI is InChI=1S/C35H35F3N2O3/c1-39(33(41)31-11-7-6-10-30(31)26-12-16-28(17-13-26)35(36,37)38)29-18-14-24(15-19-29)25-20-22-40(23-21-25)32(34(42)43-2)27-8-4-3-5-9-27/h3-12,14-16,18-19,25,32H,13,17,20-23H2,1-2H3. The molecular weight excluding hydrogens is 553 g/mol. The fourth-order valence-corrected chi connectivity index (χ4v) is 6.05. The highest BCUT2D eigenvalue weighted by molar-refractivity contribution is 6.08. The molecule has 3 aromatic carbocycles. The van der Waals surface area contributed by atoms with Gasteiger partial charge in [0.1, 0.15) is 6.04 Å². The minimum Gasteiger partial charge on any atom is -0.468 e. The number of carbonyl (C=O) groups is 2. The maximum Gasteiger partial charge on any atom is 0.412 e. The van der Waals surface area contributed by atoms with Crippen molar-refractivity contribution >= 4 is 23.1 Å². The van der Waals surface area contributed by atoms with E-state index in [0.717, 1.165) is 43.3 Å². The number of benzene rings is 3. The number of methoxy groups -OCH3 is 1. The van der Waals surface area contributed by atoms with Gasteiger partial charge in [-0.1, -0.05) is 72.8 Å². The van der Waals surface area contributed by atoms with Gasteiger partial charge in [0.05, 0.1) is 7.11 Å². The first-order chi connectivity index (χ1) is 20.7. The van der Waals surface area contributed by atoms with E-state index in [1.54, 1.807) is 36.2 Å². The van der Waals surface area contributed by atoms with E-state index in [9.17, 15) is 22.8 Å². The molecule has 1 heterocycles. The highest BCUT2D eigenvalue weighted by Gasteiger charge is 2.34. The summed E-state index contributed by atoms with van der Waals surface area (Å²) in [7, 11) is 3.13. The predicted octanol–water partition coefficient (Wildman–Crippen LogP) is 7.72. The van der Waals surface area contributed by atoms with Gasteiger partial charge < -0.3 is 9.64 Å². The summed E-state index contributed by atoms with van der Waals surface area (Å²) in [6.45, 7) is 1.51. The second-order valence-corrected chi connectivity index (χ2v) is 11.0. The number of esters is 1. The zero-order valence-electron chi connectivity index (χ0n) is 24.3. The lowest BCUT2D eigenvalue weighted by atomic mass is 9.88. The number of ether oxygens (including phenoxy) is 1. The minimum atomic E-state index is -4.34.